The summed E-state index contributed by atoms with van der Waals surface area (Å²) >= 11 is 0. The van der Waals surface area contributed by atoms with Crippen molar-refractivity contribution in [1.29, 1.82) is 0 Å². The highest BCUT2D eigenvalue weighted by atomic mass is 19.1. The summed E-state index contributed by atoms with van der Waals surface area (Å²) in [5, 5.41) is 8.89. The molecule has 0 radical (unpaired) electrons. The summed E-state index contributed by atoms with van der Waals surface area (Å²) in [7, 11) is 0. The number of rotatable bonds is 2. The predicted octanol–water partition coefficient (Wildman–Crippen LogP) is 2.32. The molecule has 74 valence electrons. The lowest BCUT2D eigenvalue weighted by atomic mass is 9.40. The average molecular weight is 192 g/mol. The van der Waals surface area contributed by atoms with E-state index in [0.717, 1.165) is 5.56 Å². The third-order valence-corrected chi connectivity index (χ3v) is 3.71. The van der Waals surface area contributed by atoms with Crippen molar-refractivity contribution in [2.45, 2.75) is 37.0 Å². The van der Waals surface area contributed by atoms with Crippen molar-refractivity contribution in [3.8, 4) is 0 Å². The van der Waals surface area contributed by atoms with Crippen molar-refractivity contribution in [1.82, 2.24) is 0 Å². The molecule has 1 nitrogen and oxygen atoms in total. The summed E-state index contributed by atoms with van der Waals surface area (Å²) in [5.41, 5.74) is 1.50. The molecule has 0 heterocycles. The first-order valence-corrected chi connectivity index (χ1v) is 5.05. The van der Waals surface area contributed by atoms with Gasteiger partial charge in [0.15, 0.2) is 0 Å². The van der Waals surface area contributed by atoms with Crippen molar-refractivity contribution in [3.63, 3.8) is 0 Å². The number of benzene rings is 1. The molecular formula is C12H13FO. The van der Waals surface area contributed by atoms with Gasteiger partial charge in [0.25, 0.3) is 0 Å². The lowest BCUT2D eigenvalue weighted by Gasteiger charge is -2.66. The van der Waals surface area contributed by atoms with Gasteiger partial charge in [-0.25, -0.2) is 4.39 Å². The molecule has 3 saturated carbocycles. The van der Waals surface area contributed by atoms with Gasteiger partial charge < -0.3 is 5.11 Å². The van der Waals surface area contributed by atoms with Gasteiger partial charge in [-0.3, -0.25) is 0 Å². The first-order chi connectivity index (χ1) is 6.66. The number of halogens is 1. The van der Waals surface area contributed by atoms with Crippen LogP contribution in [0.1, 0.15) is 30.4 Å². The highest BCUT2D eigenvalue weighted by Crippen LogP contribution is 2.69. The third-order valence-electron chi connectivity index (χ3n) is 3.71. The lowest BCUT2D eigenvalue weighted by molar-refractivity contribution is -0.158. The van der Waals surface area contributed by atoms with E-state index < -0.39 is 5.67 Å². The highest BCUT2D eigenvalue weighted by Gasteiger charge is 2.69. The molecular weight excluding hydrogens is 179 g/mol. The molecule has 1 N–H and O–H groups in total. The zero-order valence-corrected chi connectivity index (χ0v) is 7.96. The Labute approximate surface area is 82.6 Å². The van der Waals surface area contributed by atoms with E-state index in [1.165, 1.54) is 5.56 Å². The van der Waals surface area contributed by atoms with E-state index in [9.17, 15) is 4.39 Å². The van der Waals surface area contributed by atoms with Crippen LogP contribution in [0.4, 0.5) is 4.39 Å². The maximum atomic E-state index is 13.3. The Balaban J connectivity index is 1.85. The van der Waals surface area contributed by atoms with Crippen LogP contribution in [-0.2, 0) is 12.0 Å². The molecule has 3 aliphatic carbocycles. The van der Waals surface area contributed by atoms with Crippen molar-refractivity contribution < 1.29 is 9.50 Å². The quantitative estimate of drug-likeness (QED) is 0.762. The summed E-state index contributed by atoms with van der Waals surface area (Å²) in [4.78, 5) is 0. The Kier molecular flexibility index (Phi) is 1.43. The Bertz CT molecular complexity index is 349. The molecule has 3 fully saturated rings. The van der Waals surface area contributed by atoms with Gasteiger partial charge in [0.05, 0.1) is 6.61 Å². The van der Waals surface area contributed by atoms with Gasteiger partial charge in [0.2, 0.25) is 0 Å². The van der Waals surface area contributed by atoms with E-state index in [1.54, 1.807) is 0 Å². The zero-order valence-electron chi connectivity index (χ0n) is 7.96. The molecule has 14 heavy (non-hydrogen) atoms. The molecule has 0 aromatic heterocycles. The Hall–Kier alpha value is -0.890. The van der Waals surface area contributed by atoms with Crippen molar-refractivity contribution in [2.24, 2.45) is 0 Å². The Morgan fingerprint density at radius 3 is 2.14 bits per heavy atom. The number of alkyl halides is 1. The molecule has 0 aliphatic heterocycles. The van der Waals surface area contributed by atoms with E-state index in [0.29, 0.717) is 19.3 Å². The summed E-state index contributed by atoms with van der Waals surface area (Å²) in [6.45, 7) is 0.0837. The fraction of sp³-hybridized carbons (Fsp3) is 0.500. The third kappa shape index (κ3) is 0.921. The Morgan fingerprint density at radius 2 is 1.71 bits per heavy atom. The van der Waals surface area contributed by atoms with Crippen LogP contribution in [0, 0.1) is 0 Å². The monoisotopic (exact) mass is 192 g/mol. The minimum Gasteiger partial charge on any atom is -0.392 e. The SMILES string of the molecule is OCc1ccc(C23CC(F)(C2)C3)cc1. The normalized spacial score (nSPS) is 38.7. The standard InChI is InChI=1S/C12H13FO/c13-12-6-11(7-12,8-12)10-3-1-9(5-14)2-4-10/h1-4,14H,5-8H2. The summed E-state index contributed by atoms with van der Waals surface area (Å²) in [6, 6.07) is 7.93. The molecule has 1 aromatic carbocycles. The second-order valence-corrected chi connectivity index (χ2v) is 4.82. The molecule has 3 aliphatic rings. The molecule has 0 spiro atoms. The molecule has 2 bridgehead atoms. The molecule has 1 aromatic rings. The van der Waals surface area contributed by atoms with Crippen LogP contribution in [-0.4, -0.2) is 10.8 Å². The summed E-state index contributed by atoms with van der Waals surface area (Å²) in [5.74, 6) is 0. The van der Waals surface area contributed by atoms with Crippen LogP contribution >= 0.6 is 0 Å². The Morgan fingerprint density at radius 1 is 1.14 bits per heavy atom. The van der Waals surface area contributed by atoms with E-state index in [1.807, 2.05) is 24.3 Å². The van der Waals surface area contributed by atoms with Gasteiger partial charge in [-0.15, -0.1) is 0 Å². The lowest BCUT2D eigenvalue weighted by Crippen LogP contribution is -2.67. The molecule has 0 amide bonds. The largest absolute Gasteiger partial charge is 0.392 e. The topological polar surface area (TPSA) is 20.2 Å². The minimum absolute atomic E-state index is 0.0837. The van der Waals surface area contributed by atoms with Crippen molar-refractivity contribution >= 4 is 0 Å². The van der Waals surface area contributed by atoms with Gasteiger partial charge in [-0.05, 0) is 30.4 Å². The molecule has 0 saturated heterocycles. The van der Waals surface area contributed by atoms with E-state index in [-0.39, 0.29) is 12.0 Å². The van der Waals surface area contributed by atoms with Gasteiger partial charge in [-0.2, -0.15) is 0 Å². The average Bonchev–Trinajstić information content (AvgIpc) is 2.12. The summed E-state index contributed by atoms with van der Waals surface area (Å²) in [6.07, 6.45) is 2.12. The van der Waals surface area contributed by atoms with Crippen molar-refractivity contribution in [3.05, 3.63) is 35.4 Å². The number of hydrogen-bond acceptors (Lipinski definition) is 1. The second kappa shape index (κ2) is 2.37. The smallest absolute Gasteiger partial charge is 0.113 e. The van der Waals surface area contributed by atoms with Crippen LogP contribution in [0.5, 0.6) is 0 Å². The maximum Gasteiger partial charge on any atom is 0.113 e. The van der Waals surface area contributed by atoms with Crippen molar-refractivity contribution in [2.75, 3.05) is 0 Å². The number of aliphatic hydroxyl groups is 1. The first-order valence-electron chi connectivity index (χ1n) is 5.05. The van der Waals surface area contributed by atoms with Crippen LogP contribution in [0.25, 0.3) is 0 Å². The number of aliphatic hydroxyl groups excluding tert-OH is 1. The van der Waals surface area contributed by atoms with Gasteiger partial charge in [-0.1, -0.05) is 24.3 Å². The predicted molar refractivity (Wildman–Crippen MR) is 51.7 cm³/mol. The first kappa shape index (κ1) is 8.42. The van der Waals surface area contributed by atoms with Crippen LogP contribution in [0.15, 0.2) is 24.3 Å². The number of hydrogen-bond donors (Lipinski definition) is 1. The van der Waals surface area contributed by atoms with Gasteiger partial charge >= 0.3 is 0 Å². The zero-order chi connectivity index (χ0) is 9.81. The van der Waals surface area contributed by atoms with Crippen LogP contribution < -0.4 is 0 Å². The maximum absolute atomic E-state index is 13.3. The second-order valence-electron chi connectivity index (χ2n) is 4.82. The fourth-order valence-electron chi connectivity index (χ4n) is 2.93. The van der Waals surface area contributed by atoms with E-state index in [2.05, 4.69) is 0 Å². The molecule has 4 rings (SSSR count). The summed E-state index contributed by atoms with van der Waals surface area (Å²) < 4.78 is 13.3. The molecule has 0 unspecified atom stereocenters. The highest BCUT2D eigenvalue weighted by molar-refractivity contribution is 5.40. The fourth-order valence-corrected chi connectivity index (χ4v) is 2.93. The van der Waals surface area contributed by atoms with Gasteiger partial charge in [0.1, 0.15) is 5.67 Å². The molecule has 2 heteroatoms. The van der Waals surface area contributed by atoms with E-state index in [4.69, 9.17) is 5.11 Å². The minimum atomic E-state index is -0.824. The van der Waals surface area contributed by atoms with Gasteiger partial charge in [0, 0.05) is 5.41 Å². The van der Waals surface area contributed by atoms with E-state index >= 15 is 0 Å². The van der Waals surface area contributed by atoms with Crippen LogP contribution in [0.2, 0.25) is 0 Å². The molecule has 0 atom stereocenters. The van der Waals surface area contributed by atoms with Crippen LogP contribution in [0.3, 0.4) is 0 Å².